The standard InChI is InChI=1S/C18H21FO2/c1-3-15(12-5-8-14(19)9-6-12)16(4-2)13-7-10-17(20)18(21)11-13/h5-11,15-16,20-21H,3-4H2,1-2H3. The van der Waals surface area contributed by atoms with Gasteiger partial charge in [0.15, 0.2) is 11.5 Å². The van der Waals surface area contributed by atoms with Gasteiger partial charge in [-0.2, -0.15) is 0 Å². The lowest BCUT2D eigenvalue weighted by atomic mass is 9.78. The minimum absolute atomic E-state index is 0.0973. The van der Waals surface area contributed by atoms with E-state index in [0.717, 1.165) is 24.0 Å². The summed E-state index contributed by atoms with van der Waals surface area (Å²) >= 11 is 0. The first-order valence-corrected chi connectivity index (χ1v) is 7.34. The van der Waals surface area contributed by atoms with Crippen LogP contribution in [0.15, 0.2) is 42.5 Å². The molecule has 0 saturated heterocycles. The zero-order valence-corrected chi connectivity index (χ0v) is 12.4. The summed E-state index contributed by atoms with van der Waals surface area (Å²) in [5.41, 5.74) is 2.09. The Morgan fingerprint density at radius 3 is 1.86 bits per heavy atom. The van der Waals surface area contributed by atoms with Gasteiger partial charge in [0.2, 0.25) is 0 Å². The van der Waals surface area contributed by atoms with Crippen LogP contribution in [0.1, 0.15) is 49.7 Å². The fourth-order valence-corrected chi connectivity index (χ4v) is 2.99. The topological polar surface area (TPSA) is 40.5 Å². The second-order valence-corrected chi connectivity index (χ2v) is 5.33. The molecule has 2 aromatic rings. The van der Waals surface area contributed by atoms with E-state index in [-0.39, 0.29) is 29.2 Å². The summed E-state index contributed by atoms with van der Waals surface area (Å²) in [5, 5.41) is 19.2. The Morgan fingerprint density at radius 2 is 1.33 bits per heavy atom. The van der Waals surface area contributed by atoms with Crippen molar-refractivity contribution in [3.63, 3.8) is 0 Å². The van der Waals surface area contributed by atoms with E-state index in [1.807, 2.05) is 18.2 Å². The van der Waals surface area contributed by atoms with Crippen LogP contribution >= 0.6 is 0 Å². The molecule has 0 amide bonds. The lowest BCUT2D eigenvalue weighted by molar-refractivity contribution is 0.401. The summed E-state index contributed by atoms with van der Waals surface area (Å²) in [4.78, 5) is 0. The van der Waals surface area contributed by atoms with E-state index in [1.54, 1.807) is 6.07 Å². The highest BCUT2D eigenvalue weighted by atomic mass is 19.1. The molecule has 0 fully saturated rings. The van der Waals surface area contributed by atoms with Gasteiger partial charge in [0.25, 0.3) is 0 Å². The Hall–Kier alpha value is -2.03. The van der Waals surface area contributed by atoms with E-state index in [0.29, 0.717) is 0 Å². The minimum Gasteiger partial charge on any atom is -0.504 e. The highest BCUT2D eigenvalue weighted by molar-refractivity contribution is 5.42. The minimum atomic E-state index is -0.232. The van der Waals surface area contributed by atoms with Crippen molar-refractivity contribution in [2.75, 3.05) is 0 Å². The fraction of sp³-hybridized carbons (Fsp3) is 0.333. The molecule has 2 rings (SSSR count). The van der Waals surface area contributed by atoms with Gasteiger partial charge in [0.1, 0.15) is 5.82 Å². The third-order valence-electron chi connectivity index (χ3n) is 4.09. The molecule has 2 nitrogen and oxygen atoms in total. The summed E-state index contributed by atoms with van der Waals surface area (Å²) in [5.74, 6) is 0.0266. The molecule has 2 N–H and O–H groups in total. The normalized spacial score (nSPS) is 13.9. The zero-order chi connectivity index (χ0) is 15.4. The molecule has 112 valence electrons. The van der Waals surface area contributed by atoms with E-state index in [2.05, 4.69) is 13.8 Å². The van der Waals surface area contributed by atoms with Crippen molar-refractivity contribution >= 4 is 0 Å². The number of phenolic OH excluding ortho intramolecular Hbond substituents is 2. The summed E-state index contributed by atoms with van der Waals surface area (Å²) in [6, 6.07) is 11.6. The largest absolute Gasteiger partial charge is 0.504 e. The van der Waals surface area contributed by atoms with Gasteiger partial charge in [0, 0.05) is 0 Å². The number of halogens is 1. The van der Waals surface area contributed by atoms with Gasteiger partial charge in [-0.15, -0.1) is 0 Å². The lowest BCUT2D eigenvalue weighted by Gasteiger charge is -2.26. The molecule has 0 saturated carbocycles. The number of rotatable bonds is 5. The van der Waals surface area contributed by atoms with Crippen LogP contribution < -0.4 is 0 Å². The van der Waals surface area contributed by atoms with Crippen LogP contribution in [-0.2, 0) is 0 Å². The zero-order valence-electron chi connectivity index (χ0n) is 12.4. The van der Waals surface area contributed by atoms with Gasteiger partial charge in [-0.25, -0.2) is 4.39 Å². The Labute approximate surface area is 124 Å². The van der Waals surface area contributed by atoms with Crippen LogP contribution in [-0.4, -0.2) is 10.2 Å². The SMILES string of the molecule is CCC(c1ccc(F)cc1)C(CC)c1ccc(O)c(O)c1. The Morgan fingerprint density at radius 1 is 0.810 bits per heavy atom. The Bertz CT molecular complexity index is 593. The van der Waals surface area contributed by atoms with Crippen molar-refractivity contribution in [1.29, 1.82) is 0 Å². The van der Waals surface area contributed by atoms with Crippen molar-refractivity contribution in [2.45, 2.75) is 38.5 Å². The number of hydrogen-bond donors (Lipinski definition) is 2. The molecule has 2 atom stereocenters. The quantitative estimate of drug-likeness (QED) is 0.766. The van der Waals surface area contributed by atoms with Crippen molar-refractivity contribution < 1.29 is 14.6 Å². The molecule has 3 heteroatoms. The maximum absolute atomic E-state index is 13.1. The molecule has 2 aromatic carbocycles. The summed E-state index contributed by atoms with van der Waals surface area (Å²) in [7, 11) is 0. The van der Waals surface area contributed by atoms with Gasteiger partial charge >= 0.3 is 0 Å². The first-order valence-electron chi connectivity index (χ1n) is 7.34. The van der Waals surface area contributed by atoms with E-state index in [4.69, 9.17) is 0 Å². The number of benzene rings is 2. The van der Waals surface area contributed by atoms with Gasteiger partial charge < -0.3 is 10.2 Å². The Kier molecular flexibility index (Phi) is 4.84. The fourth-order valence-electron chi connectivity index (χ4n) is 2.99. The summed E-state index contributed by atoms with van der Waals surface area (Å²) in [6.45, 7) is 4.21. The predicted molar refractivity (Wildman–Crippen MR) is 82.2 cm³/mol. The molecule has 0 aliphatic rings. The van der Waals surface area contributed by atoms with Crippen LogP contribution in [0.3, 0.4) is 0 Å². The Balaban J connectivity index is 2.36. The smallest absolute Gasteiger partial charge is 0.157 e. The molecule has 2 unspecified atom stereocenters. The molecule has 0 aliphatic carbocycles. The van der Waals surface area contributed by atoms with Crippen LogP contribution in [0, 0.1) is 5.82 Å². The van der Waals surface area contributed by atoms with Crippen LogP contribution in [0.5, 0.6) is 11.5 Å². The first kappa shape index (κ1) is 15.4. The molecular formula is C18H21FO2. The third kappa shape index (κ3) is 3.35. The molecule has 0 radical (unpaired) electrons. The van der Waals surface area contributed by atoms with E-state index >= 15 is 0 Å². The van der Waals surface area contributed by atoms with Gasteiger partial charge in [-0.1, -0.05) is 32.0 Å². The molecule has 0 spiro atoms. The van der Waals surface area contributed by atoms with Crippen molar-refractivity contribution in [3.8, 4) is 11.5 Å². The van der Waals surface area contributed by atoms with E-state index < -0.39 is 0 Å². The first-order chi connectivity index (χ1) is 10.1. The molecule has 0 aliphatic heterocycles. The molecular weight excluding hydrogens is 267 g/mol. The highest BCUT2D eigenvalue weighted by Gasteiger charge is 2.22. The predicted octanol–water partition coefficient (Wildman–Crippen LogP) is 4.92. The van der Waals surface area contributed by atoms with E-state index in [1.165, 1.54) is 18.2 Å². The second kappa shape index (κ2) is 6.61. The highest BCUT2D eigenvalue weighted by Crippen LogP contribution is 2.40. The van der Waals surface area contributed by atoms with E-state index in [9.17, 15) is 14.6 Å². The third-order valence-corrected chi connectivity index (χ3v) is 4.09. The van der Waals surface area contributed by atoms with Crippen LogP contribution in [0.2, 0.25) is 0 Å². The van der Waals surface area contributed by atoms with Gasteiger partial charge in [-0.3, -0.25) is 0 Å². The molecule has 0 bridgehead atoms. The average Bonchev–Trinajstić information content (AvgIpc) is 2.49. The van der Waals surface area contributed by atoms with Gasteiger partial charge in [-0.05, 0) is 60.1 Å². The summed E-state index contributed by atoms with van der Waals surface area (Å²) < 4.78 is 13.1. The number of aromatic hydroxyl groups is 2. The lowest BCUT2D eigenvalue weighted by Crippen LogP contribution is -2.10. The van der Waals surface area contributed by atoms with Crippen molar-refractivity contribution in [3.05, 3.63) is 59.4 Å². The van der Waals surface area contributed by atoms with Crippen LogP contribution in [0.4, 0.5) is 4.39 Å². The van der Waals surface area contributed by atoms with Crippen LogP contribution in [0.25, 0.3) is 0 Å². The monoisotopic (exact) mass is 288 g/mol. The van der Waals surface area contributed by atoms with Crippen molar-refractivity contribution in [2.24, 2.45) is 0 Å². The summed E-state index contributed by atoms with van der Waals surface area (Å²) in [6.07, 6.45) is 1.83. The van der Waals surface area contributed by atoms with Gasteiger partial charge in [0.05, 0.1) is 0 Å². The number of phenols is 2. The molecule has 0 aromatic heterocycles. The molecule has 0 heterocycles. The number of hydrogen-bond acceptors (Lipinski definition) is 2. The average molecular weight is 288 g/mol. The molecule has 21 heavy (non-hydrogen) atoms. The maximum atomic E-state index is 13.1. The van der Waals surface area contributed by atoms with Crippen molar-refractivity contribution in [1.82, 2.24) is 0 Å². The maximum Gasteiger partial charge on any atom is 0.157 e. The second-order valence-electron chi connectivity index (χ2n) is 5.33.